The molecule has 0 unspecified atom stereocenters. The Morgan fingerprint density at radius 2 is 2.12 bits per heavy atom. The molecule has 0 saturated carbocycles. The fourth-order valence-electron chi connectivity index (χ4n) is 3.38. The first-order chi connectivity index (χ1) is 8.25. The maximum atomic E-state index is 6.54. The quantitative estimate of drug-likeness (QED) is 0.749. The smallest absolute Gasteiger partial charge is 0.0359 e. The summed E-state index contributed by atoms with van der Waals surface area (Å²) in [4.78, 5) is 1.34. The summed E-state index contributed by atoms with van der Waals surface area (Å²) in [5, 5.41) is 3.45. The van der Waals surface area contributed by atoms with Gasteiger partial charge in [0.15, 0.2) is 0 Å². The van der Waals surface area contributed by atoms with Crippen molar-refractivity contribution >= 4 is 11.8 Å². The molecule has 2 nitrogen and oxygen atoms in total. The van der Waals surface area contributed by atoms with Crippen molar-refractivity contribution in [3.8, 4) is 0 Å². The van der Waals surface area contributed by atoms with Gasteiger partial charge < -0.3 is 11.1 Å². The lowest BCUT2D eigenvalue weighted by Crippen LogP contribution is -2.42. The van der Waals surface area contributed by atoms with E-state index in [0.29, 0.717) is 5.41 Å². The number of fused-ring (bicyclic) bond motifs is 1. The van der Waals surface area contributed by atoms with Crippen LogP contribution in [0.15, 0.2) is 23.1 Å². The van der Waals surface area contributed by atoms with E-state index in [1.165, 1.54) is 35.3 Å². The third kappa shape index (κ3) is 1.81. The first kappa shape index (κ1) is 11.6. The average Bonchev–Trinajstić information content (AvgIpc) is 2.63. The van der Waals surface area contributed by atoms with Crippen LogP contribution >= 0.6 is 11.8 Å². The summed E-state index contributed by atoms with van der Waals surface area (Å²) in [6.45, 7) is 2.24. The van der Waals surface area contributed by atoms with Crippen molar-refractivity contribution in [2.45, 2.75) is 30.2 Å². The van der Waals surface area contributed by atoms with Crippen LogP contribution in [0.25, 0.3) is 0 Å². The van der Waals surface area contributed by atoms with E-state index in [-0.39, 0.29) is 6.04 Å². The highest BCUT2D eigenvalue weighted by Gasteiger charge is 2.44. The van der Waals surface area contributed by atoms with Gasteiger partial charge in [-0.25, -0.2) is 0 Å². The normalized spacial score (nSPS) is 26.1. The zero-order valence-electron chi connectivity index (χ0n) is 10.3. The molecule has 0 aromatic heterocycles. The van der Waals surface area contributed by atoms with Gasteiger partial charge in [0.2, 0.25) is 0 Å². The van der Waals surface area contributed by atoms with E-state index >= 15 is 0 Å². The highest BCUT2D eigenvalue weighted by molar-refractivity contribution is 7.98. The van der Waals surface area contributed by atoms with Crippen LogP contribution in [-0.2, 0) is 6.42 Å². The number of hydrogen-bond acceptors (Lipinski definition) is 3. The Labute approximate surface area is 107 Å². The van der Waals surface area contributed by atoms with Gasteiger partial charge >= 0.3 is 0 Å². The van der Waals surface area contributed by atoms with Crippen molar-refractivity contribution in [2.24, 2.45) is 11.1 Å². The van der Waals surface area contributed by atoms with Crippen LogP contribution in [0.4, 0.5) is 0 Å². The van der Waals surface area contributed by atoms with Gasteiger partial charge in [-0.15, -0.1) is 11.8 Å². The van der Waals surface area contributed by atoms with Crippen molar-refractivity contribution in [3.63, 3.8) is 0 Å². The second-order valence-electron chi connectivity index (χ2n) is 5.33. The second kappa shape index (κ2) is 4.30. The van der Waals surface area contributed by atoms with E-state index < -0.39 is 0 Å². The lowest BCUT2D eigenvalue weighted by Gasteiger charge is -2.37. The zero-order valence-corrected chi connectivity index (χ0v) is 11.1. The Balaban J connectivity index is 1.96. The van der Waals surface area contributed by atoms with Crippen LogP contribution in [0.3, 0.4) is 0 Å². The van der Waals surface area contributed by atoms with Gasteiger partial charge in [0, 0.05) is 10.9 Å². The van der Waals surface area contributed by atoms with Crippen LogP contribution in [-0.4, -0.2) is 19.3 Å². The van der Waals surface area contributed by atoms with Crippen LogP contribution in [0.1, 0.15) is 30.0 Å². The monoisotopic (exact) mass is 248 g/mol. The average molecular weight is 248 g/mol. The number of piperidine rings is 1. The number of nitrogens with one attached hydrogen (secondary N) is 1. The fraction of sp³-hybridized carbons (Fsp3) is 0.571. The lowest BCUT2D eigenvalue weighted by atomic mass is 9.73. The van der Waals surface area contributed by atoms with E-state index in [4.69, 9.17) is 5.73 Å². The van der Waals surface area contributed by atoms with Crippen molar-refractivity contribution in [1.82, 2.24) is 5.32 Å². The van der Waals surface area contributed by atoms with Crippen molar-refractivity contribution in [3.05, 3.63) is 29.3 Å². The molecule has 3 N–H and O–H groups in total. The van der Waals surface area contributed by atoms with Gasteiger partial charge in [-0.05, 0) is 67.3 Å². The summed E-state index contributed by atoms with van der Waals surface area (Å²) in [6.07, 6.45) is 5.75. The molecule has 1 spiro atoms. The Bertz CT molecular complexity index is 424. The first-order valence-electron chi connectivity index (χ1n) is 6.38. The molecule has 3 rings (SSSR count). The molecule has 0 radical (unpaired) electrons. The number of nitrogens with two attached hydrogens (primary N) is 1. The van der Waals surface area contributed by atoms with Crippen LogP contribution < -0.4 is 11.1 Å². The van der Waals surface area contributed by atoms with Crippen molar-refractivity contribution in [1.29, 1.82) is 0 Å². The minimum Gasteiger partial charge on any atom is -0.323 e. The van der Waals surface area contributed by atoms with Gasteiger partial charge in [0.05, 0.1) is 0 Å². The molecule has 1 aliphatic carbocycles. The largest absolute Gasteiger partial charge is 0.323 e. The number of benzene rings is 1. The van der Waals surface area contributed by atoms with Crippen LogP contribution in [0.2, 0.25) is 0 Å². The molecule has 1 atom stereocenters. The van der Waals surface area contributed by atoms with E-state index in [0.717, 1.165) is 13.1 Å². The molecule has 1 aromatic carbocycles. The molecular weight excluding hydrogens is 228 g/mol. The molecule has 2 aliphatic rings. The molecule has 92 valence electrons. The predicted octanol–water partition coefficient (Wildman–Crippen LogP) is 2.33. The lowest BCUT2D eigenvalue weighted by molar-refractivity contribution is 0.174. The van der Waals surface area contributed by atoms with Gasteiger partial charge in [-0.1, -0.05) is 6.07 Å². The number of thioether (sulfide) groups is 1. The van der Waals surface area contributed by atoms with E-state index in [1.807, 2.05) is 0 Å². The van der Waals surface area contributed by atoms with Gasteiger partial charge in [-0.3, -0.25) is 0 Å². The summed E-state index contributed by atoms with van der Waals surface area (Å²) in [7, 11) is 0. The molecule has 1 aliphatic heterocycles. The number of hydrogen-bond donors (Lipinski definition) is 2. The summed E-state index contributed by atoms with van der Waals surface area (Å²) >= 11 is 1.80. The summed E-state index contributed by atoms with van der Waals surface area (Å²) in [5.41, 5.74) is 9.77. The zero-order chi connectivity index (χ0) is 11.9. The summed E-state index contributed by atoms with van der Waals surface area (Å²) < 4.78 is 0. The number of rotatable bonds is 1. The standard InChI is InChI=1S/C14H20N2S/c1-17-11-3-2-10-9-14(4-6-16-7-5-14)13(15)12(10)8-11/h2-3,8,13,16H,4-7,9,15H2,1H3/t13-/m1/s1. The molecule has 3 heteroatoms. The van der Waals surface area contributed by atoms with Crippen LogP contribution in [0, 0.1) is 5.41 Å². The third-order valence-corrected chi connectivity index (χ3v) is 5.22. The molecule has 1 heterocycles. The van der Waals surface area contributed by atoms with E-state index in [9.17, 15) is 0 Å². The minimum absolute atomic E-state index is 0.242. The van der Waals surface area contributed by atoms with Gasteiger partial charge in [0.25, 0.3) is 0 Å². The molecule has 0 amide bonds. The molecule has 17 heavy (non-hydrogen) atoms. The van der Waals surface area contributed by atoms with E-state index in [1.54, 1.807) is 11.8 Å². The molecular formula is C14H20N2S. The maximum Gasteiger partial charge on any atom is 0.0359 e. The summed E-state index contributed by atoms with van der Waals surface area (Å²) in [5.74, 6) is 0. The predicted molar refractivity (Wildman–Crippen MR) is 73.4 cm³/mol. The molecule has 1 aromatic rings. The minimum atomic E-state index is 0.242. The van der Waals surface area contributed by atoms with Crippen molar-refractivity contribution in [2.75, 3.05) is 19.3 Å². The highest BCUT2D eigenvalue weighted by atomic mass is 32.2. The fourth-order valence-corrected chi connectivity index (χ4v) is 3.83. The van der Waals surface area contributed by atoms with E-state index in [2.05, 4.69) is 29.8 Å². The van der Waals surface area contributed by atoms with Crippen molar-refractivity contribution < 1.29 is 0 Å². The molecule has 0 bridgehead atoms. The highest BCUT2D eigenvalue weighted by Crippen LogP contribution is 2.50. The first-order valence-corrected chi connectivity index (χ1v) is 7.61. The van der Waals surface area contributed by atoms with Crippen LogP contribution in [0.5, 0.6) is 0 Å². The second-order valence-corrected chi connectivity index (χ2v) is 6.21. The Morgan fingerprint density at radius 1 is 1.35 bits per heavy atom. The van der Waals surface area contributed by atoms with Gasteiger partial charge in [-0.2, -0.15) is 0 Å². The molecule has 1 fully saturated rings. The Hall–Kier alpha value is -0.510. The van der Waals surface area contributed by atoms with Gasteiger partial charge in [0.1, 0.15) is 0 Å². The topological polar surface area (TPSA) is 38.0 Å². The third-order valence-electron chi connectivity index (χ3n) is 4.49. The Morgan fingerprint density at radius 3 is 2.82 bits per heavy atom. The SMILES string of the molecule is CSc1ccc2c(c1)[C@@H](N)C1(CCNCC1)C2. The summed E-state index contributed by atoms with van der Waals surface area (Å²) in [6, 6.07) is 7.07. The maximum absolute atomic E-state index is 6.54. The molecule has 1 saturated heterocycles. The Kier molecular flexibility index (Phi) is 2.93.